The summed E-state index contributed by atoms with van der Waals surface area (Å²) in [6, 6.07) is 11.5. The molecule has 126 valence electrons. The van der Waals surface area contributed by atoms with Gasteiger partial charge in [0.2, 0.25) is 5.91 Å². The molecule has 3 N–H and O–H groups in total. The predicted octanol–water partition coefficient (Wildman–Crippen LogP) is 1.82. The van der Waals surface area contributed by atoms with E-state index in [1.54, 1.807) is 9.58 Å². The predicted molar refractivity (Wildman–Crippen MR) is 91.2 cm³/mol. The summed E-state index contributed by atoms with van der Waals surface area (Å²) in [5.74, 6) is 0.0965. The van der Waals surface area contributed by atoms with E-state index in [-0.39, 0.29) is 17.9 Å². The maximum absolute atomic E-state index is 12.4. The molecule has 0 spiro atoms. The lowest BCUT2D eigenvalue weighted by Gasteiger charge is -2.30. The number of nitrogens with one attached hydrogen (secondary N) is 1. The Labute approximate surface area is 140 Å². The molecule has 0 radical (unpaired) electrons. The maximum Gasteiger partial charge on any atom is 0.323 e. The number of primary amides is 1. The van der Waals surface area contributed by atoms with Crippen molar-refractivity contribution < 1.29 is 9.59 Å². The van der Waals surface area contributed by atoms with E-state index in [2.05, 4.69) is 10.4 Å². The van der Waals surface area contributed by atoms with E-state index < -0.39 is 0 Å². The van der Waals surface area contributed by atoms with Crippen LogP contribution in [0, 0.1) is 5.92 Å². The lowest BCUT2D eigenvalue weighted by atomic mass is 9.96. The SMILES string of the molecule is Cn1nc(NC(=O)N2CCC(C(N)=O)CC2)cc1-c1ccccc1. The molecular weight excluding hydrogens is 306 g/mol. The highest BCUT2D eigenvalue weighted by atomic mass is 16.2. The summed E-state index contributed by atoms with van der Waals surface area (Å²) in [6.45, 7) is 1.05. The van der Waals surface area contributed by atoms with Gasteiger partial charge >= 0.3 is 6.03 Å². The van der Waals surface area contributed by atoms with Crippen molar-refractivity contribution in [2.24, 2.45) is 18.7 Å². The Kier molecular flexibility index (Phi) is 4.50. The number of likely N-dealkylation sites (tertiary alicyclic amines) is 1. The number of amides is 3. The average molecular weight is 327 g/mol. The van der Waals surface area contributed by atoms with Gasteiger partial charge < -0.3 is 10.6 Å². The second-order valence-corrected chi connectivity index (χ2v) is 6.00. The molecule has 1 aromatic heterocycles. The van der Waals surface area contributed by atoms with E-state index in [4.69, 9.17) is 5.73 Å². The topological polar surface area (TPSA) is 93.2 Å². The van der Waals surface area contributed by atoms with Crippen molar-refractivity contribution >= 4 is 17.8 Å². The standard InChI is InChI=1S/C17H21N5O2/c1-21-14(12-5-3-2-4-6-12)11-15(20-21)19-17(24)22-9-7-13(8-10-22)16(18)23/h2-6,11,13H,7-10H2,1H3,(H2,18,23)(H,19,20,24). The van der Waals surface area contributed by atoms with Gasteiger partial charge in [-0.05, 0) is 18.4 Å². The van der Waals surface area contributed by atoms with Crippen LogP contribution in [0.3, 0.4) is 0 Å². The number of nitrogens with zero attached hydrogens (tertiary/aromatic N) is 3. The fourth-order valence-corrected chi connectivity index (χ4v) is 2.96. The average Bonchev–Trinajstić information content (AvgIpc) is 2.96. The second-order valence-electron chi connectivity index (χ2n) is 6.00. The smallest absolute Gasteiger partial charge is 0.323 e. The zero-order valence-corrected chi connectivity index (χ0v) is 13.6. The van der Waals surface area contributed by atoms with Crippen LogP contribution in [0.2, 0.25) is 0 Å². The number of aryl methyl sites for hydroxylation is 1. The third kappa shape index (κ3) is 3.40. The minimum Gasteiger partial charge on any atom is -0.369 e. The molecule has 2 heterocycles. The number of urea groups is 1. The molecule has 1 aromatic carbocycles. The number of hydrogen-bond donors (Lipinski definition) is 2. The highest BCUT2D eigenvalue weighted by Gasteiger charge is 2.26. The first-order chi connectivity index (χ1) is 11.5. The summed E-state index contributed by atoms with van der Waals surface area (Å²) in [6.07, 6.45) is 1.22. The molecule has 1 fully saturated rings. The number of benzene rings is 1. The lowest BCUT2D eigenvalue weighted by Crippen LogP contribution is -2.43. The van der Waals surface area contributed by atoms with Crippen molar-refractivity contribution in [3.63, 3.8) is 0 Å². The minimum absolute atomic E-state index is 0.131. The summed E-state index contributed by atoms with van der Waals surface area (Å²) in [5.41, 5.74) is 7.28. The molecule has 2 aromatic rings. The van der Waals surface area contributed by atoms with Crippen LogP contribution in [0.1, 0.15) is 12.8 Å². The number of nitrogens with two attached hydrogens (primary N) is 1. The van der Waals surface area contributed by atoms with E-state index in [1.165, 1.54) is 0 Å². The molecule has 0 atom stereocenters. The summed E-state index contributed by atoms with van der Waals surface area (Å²) in [7, 11) is 1.84. The van der Waals surface area contributed by atoms with E-state index in [0.29, 0.717) is 31.7 Å². The minimum atomic E-state index is -0.285. The molecule has 0 bridgehead atoms. The summed E-state index contributed by atoms with van der Waals surface area (Å²) in [4.78, 5) is 25.2. The largest absolute Gasteiger partial charge is 0.369 e. The normalized spacial score (nSPS) is 15.3. The van der Waals surface area contributed by atoms with Crippen molar-refractivity contribution in [2.45, 2.75) is 12.8 Å². The van der Waals surface area contributed by atoms with Gasteiger partial charge in [-0.15, -0.1) is 0 Å². The van der Waals surface area contributed by atoms with Gasteiger partial charge in [0.05, 0.1) is 5.69 Å². The van der Waals surface area contributed by atoms with Gasteiger partial charge in [0.15, 0.2) is 5.82 Å². The summed E-state index contributed by atoms with van der Waals surface area (Å²) >= 11 is 0. The van der Waals surface area contributed by atoms with Gasteiger partial charge in [-0.1, -0.05) is 30.3 Å². The number of carbonyl (C=O) groups excluding carboxylic acids is 2. The molecule has 0 saturated carbocycles. The van der Waals surface area contributed by atoms with Crippen LogP contribution in [-0.2, 0) is 11.8 Å². The zero-order valence-electron chi connectivity index (χ0n) is 13.6. The fraction of sp³-hybridized carbons (Fsp3) is 0.353. The van der Waals surface area contributed by atoms with Crippen LogP contribution in [0.25, 0.3) is 11.3 Å². The third-order valence-electron chi connectivity index (χ3n) is 4.37. The Bertz CT molecular complexity index is 733. The van der Waals surface area contributed by atoms with Crippen LogP contribution in [-0.4, -0.2) is 39.7 Å². The first kappa shape index (κ1) is 16.0. The highest BCUT2D eigenvalue weighted by Crippen LogP contribution is 2.22. The van der Waals surface area contributed by atoms with E-state index >= 15 is 0 Å². The Hall–Kier alpha value is -2.83. The first-order valence-corrected chi connectivity index (χ1v) is 7.99. The van der Waals surface area contributed by atoms with E-state index in [1.807, 2.05) is 43.4 Å². The lowest BCUT2D eigenvalue weighted by molar-refractivity contribution is -0.122. The van der Waals surface area contributed by atoms with Crippen LogP contribution in [0.15, 0.2) is 36.4 Å². The summed E-state index contributed by atoms with van der Waals surface area (Å²) in [5, 5.41) is 7.17. The zero-order chi connectivity index (χ0) is 17.1. The third-order valence-corrected chi connectivity index (χ3v) is 4.37. The van der Waals surface area contributed by atoms with Crippen molar-refractivity contribution in [3.05, 3.63) is 36.4 Å². The van der Waals surface area contributed by atoms with Crippen LogP contribution in [0.5, 0.6) is 0 Å². The van der Waals surface area contributed by atoms with Crippen LogP contribution < -0.4 is 11.1 Å². The van der Waals surface area contributed by atoms with Gasteiger partial charge in [0.1, 0.15) is 0 Å². The van der Waals surface area contributed by atoms with Gasteiger partial charge in [-0.3, -0.25) is 14.8 Å². The highest BCUT2D eigenvalue weighted by molar-refractivity contribution is 5.89. The van der Waals surface area contributed by atoms with Crippen molar-refractivity contribution in [1.82, 2.24) is 14.7 Å². The van der Waals surface area contributed by atoms with Crippen LogP contribution >= 0.6 is 0 Å². The number of anilines is 1. The molecule has 0 aliphatic carbocycles. The Morgan fingerprint density at radius 2 is 1.88 bits per heavy atom. The Balaban J connectivity index is 1.65. The van der Waals surface area contributed by atoms with Crippen molar-refractivity contribution in [3.8, 4) is 11.3 Å². The molecule has 7 heteroatoms. The molecule has 24 heavy (non-hydrogen) atoms. The quantitative estimate of drug-likeness (QED) is 0.900. The molecule has 1 aliphatic rings. The molecule has 0 unspecified atom stereocenters. The molecule has 3 rings (SSSR count). The molecular formula is C17H21N5O2. The number of rotatable bonds is 3. The second kappa shape index (κ2) is 6.74. The van der Waals surface area contributed by atoms with Gasteiger partial charge in [-0.2, -0.15) is 5.10 Å². The van der Waals surface area contributed by atoms with Crippen molar-refractivity contribution in [1.29, 1.82) is 0 Å². The number of aromatic nitrogens is 2. The summed E-state index contributed by atoms with van der Waals surface area (Å²) < 4.78 is 1.74. The molecule has 7 nitrogen and oxygen atoms in total. The number of hydrogen-bond acceptors (Lipinski definition) is 3. The Morgan fingerprint density at radius 3 is 2.50 bits per heavy atom. The van der Waals surface area contributed by atoms with Gasteiger partial charge in [0.25, 0.3) is 0 Å². The number of carbonyl (C=O) groups is 2. The van der Waals surface area contributed by atoms with Gasteiger partial charge in [0, 0.05) is 32.1 Å². The van der Waals surface area contributed by atoms with Gasteiger partial charge in [-0.25, -0.2) is 4.79 Å². The fourth-order valence-electron chi connectivity index (χ4n) is 2.96. The van der Waals surface area contributed by atoms with E-state index in [9.17, 15) is 9.59 Å². The number of piperidine rings is 1. The van der Waals surface area contributed by atoms with Crippen molar-refractivity contribution in [2.75, 3.05) is 18.4 Å². The maximum atomic E-state index is 12.4. The molecule has 3 amide bonds. The first-order valence-electron chi connectivity index (χ1n) is 7.99. The molecule has 1 saturated heterocycles. The van der Waals surface area contributed by atoms with Crippen LogP contribution in [0.4, 0.5) is 10.6 Å². The Morgan fingerprint density at radius 1 is 1.21 bits per heavy atom. The van der Waals surface area contributed by atoms with E-state index in [0.717, 1.165) is 11.3 Å². The monoisotopic (exact) mass is 327 g/mol. The molecule has 1 aliphatic heterocycles.